The minimum atomic E-state index is -0.387. The van der Waals surface area contributed by atoms with Crippen LogP contribution < -0.4 is 10.3 Å². The van der Waals surface area contributed by atoms with Crippen LogP contribution in [0.2, 0.25) is 0 Å². The fraction of sp³-hybridized carbons (Fsp3) is 0.200. The van der Waals surface area contributed by atoms with Crippen molar-refractivity contribution in [2.45, 2.75) is 6.92 Å². The first-order valence-corrected chi connectivity index (χ1v) is 10.6. The number of carbonyl (C=O) groups excluding carboxylic acids is 1. The van der Waals surface area contributed by atoms with Crippen LogP contribution in [0.4, 0.5) is 24.5 Å². The number of piperazine rings is 1. The second-order valence-corrected chi connectivity index (χ2v) is 7.77. The van der Waals surface area contributed by atoms with Gasteiger partial charge in [-0.05, 0) is 67.6 Å². The quantitative estimate of drug-likeness (QED) is 0.442. The minimum absolute atomic E-state index is 0.161. The van der Waals surface area contributed by atoms with E-state index in [9.17, 15) is 18.0 Å². The predicted octanol–water partition coefficient (Wildman–Crippen LogP) is 4.90. The topological polar surface area (TPSA) is 47.9 Å². The van der Waals surface area contributed by atoms with Crippen LogP contribution in [0, 0.1) is 17.5 Å². The molecule has 1 heterocycles. The van der Waals surface area contributed by atoms with Gasteiger partial charge in [-0.15, -0.1) is 0 Å². The van der Waals surface area contributed by atoms with Gasteiger partial charge in [0.2, 0.25) is 0 Å². The molecule has 170 valence electrons. The Morgan fingerprint density at radius 3 is 2.00 bits per heavy atom. The molecule has 0 aromatic heterocycles. The highest BCUT2D eigenvalue weighted by atomic mass is 19.1. The van der Waals surface area contributed by atoms with Gasteiger partial charge in [0.05, 0.1) is 17.1 Å². The number of benzene rings is 3. The predicted molar refractivity (Wildman–Crippen MR) is 123 cm³/mol. The normalized spacial score (nSPS) is 14.4. The van der Waals surface area contributed by atoms with Crippen LogP contribution in [0.1, 0.15) is 22.8 Å². The zero-order valence-electron chi connectivity index (χ0n) is 18.1. The number of rotatable bonds is 5. The van der Waals surface area contributed by atoms with E-state index in [0.29, 0.717) is 54.4 Å². The molecule has 0 saturated carbocycles. The first-order chi connectivity index (χ1) is 15.9. The van der Waals surface area contributed by atoms with Gasteiger partial charge < -0.3 is 9.80 Å². The molecule has 3 aromatic carbocycles. The summed E-state index contributed by atoms with van der Waals surface area (Å²) in [6, 6.07) is 16.2. The Morgan fingerprint density at radius 2 is 1.39 bits per heavy atom. The molecule has 8 heteroatoms. The molecule has 1 fully saturated rings. The van der Waals surface area contributed by atoms with Gasteiger partial charge in [-0.1, -0.05) is 6.07 Å². The third kappa shape index (κ3) is 5.34. The van der Waals surface area contributed by atoms with Crippen LogP contribution in [-0.4, -0.2) is 42.7 Å². The molecule has 0 unspecified atom stereocenters. The third-order valence-corrected chi connectivity index (χ3v) is 5.56. The number of hydrazone groups is 1. The lowest BCUT2D eigenvalue weighted by Gasteiger charge is -2.36. The zero-order chi connectivity index (χ0) is 23.4. The number of nitrogens with one attached hydrogen (secondary N) is 1. The largest absolute Gasteiger partial charge is 0.366 e. The molecule has 1 N–H and O–H groups in total. The summed E-state index contributed by atoms with van der Waals surface area (Å²) in [5.41, 5.74) is 5.56. The summed E-state index contributed by atoms with van der Waals surface area (Å²) < 4.78 is 41.0. The summed E-state index contributed by atoms with van der Waals surface area (Å²) in [5.74, 6) is -1.26. The Bertz CT molecular complexity index is 1160. The summed E-state index contributed by atoms with van der Waals surface area (Å²) in [7, 11) is 0. The molecule has 3 aromatic rings. The van der Waals surface area contributed by atoms with E-state index in [0.717, 1.165) is 0 Å². The maximum atomic E-state index is 14.9. The molecule has 0 radical (unpaired) electrons. The van der Waals surface area contributed by atoms with Crippen molar-refractivity contribution in [2.24, 2.45) is 5.10 Å². The number of hydrogen-bond acceptors (Lipinski definition) is 4. The van der Waals surface area contributed by atoms with E-state index in [4.69, 9.17) is 0 Å². The van der Waals surface area contributed by atoms with Crippen molar-refractivity contribution in [2.75, 3.05) is 36.5 Å². The number of nitrogens with zero attached hydrogens (tertiary/aromatic N) is 3. The maximum absolute atomic E-state index is 14.9. The summed E-state index contributed by atoms with van der Waals surface area (Å²) in [4.78, 5) is 16.2. The number of amides is 1. The average molecular weight is 452 g/mol. The molecule has 1 aliphatic heterocycles. The van der Waals surface area contributed by atoms with Crippen LogP contribution in [0.15, 0.2) is 71.8 Å². The molecular formula is C25H23F3N4O. The smallest absolute Gasteiger partial charge is 0.253 e. The van der Waals surface area contributed by atoms with Crippen molar-refractivity contribution >= 4 is 23.0 Å². The molecule has 1 aliphatic rings. The summed E-state index contributed by atoms with van der Waals surface area (Å²) in [5, 5.41) is 4.24. The first kappa shape index (κ1) is 22.4. The van der Waals surface area contributed by atoms with E-state index in [1.165, 1.54) is 42.5 Å². The Labute approximate surface area is 190 Å². The van der Waals surface area contributed by atoms with Gasteiger partial charge in [0.15, 0.2) is 0 Å². The fourth-order valence-corrected chi connectivity index (χ4v) is 3.65. The van der Waals surface area contributed by atoms with Crippen molar-refractivity contribution in [3.63, 3.8) is 0 Å². The van der Waals surface area contributed by atoms with Crippen LogP contribution in [0.25, 0.3) is 0 Å². The Hall–Kier alpha value is -3.81. The number of hydrogen-bond donors (Lipinski definition) is 1. The monoisotopic (exact) mass is 452 g/mol. The zero-order valence-corrected chi connectivity index (χ0v) is 18.1. The molecule has 0 bridgehead atoms. The van der Waals surface area contributed by atoms with Crippen molar-refractivity contribution in [1.29, 1.82) is 0 Å². The second-order valence-electron chi connectivity index (χ2n) is 7.77. The molecule has 0 aliphatic carbocycles. The lowest BCUT2D eigenvalue weighted by molar-refractivity contribution is 0.0746. The van der Waals surface area contributed by atoms with Crippen LogP contribution in [0.5, 0.6) is 0 Å². The van der Waals surface area contributed by atoms with E-state index in [2.05, 4.69) is 10.5 Å². The molecule has 5 nitrogen and oxygen atoms in total. The van der Waals surface area contributed by atoms with Crippen LogP contribution >= 0.6 is 0 Å². The van der Waals surface area contributed by atoms with E-state index in [-0.39, 0.29) is 23.4 Å². The van der Waals surface area contributed by atoms with Gasteiger partial charge in [-0.3, -0.25) is 10.2 Å². The number of anilines is 2. The van der Waals surface area contributed by atoms with Crippen molar-refractivity contribution < 1.29 is 18.0 Å². The lowest BCUT2D eigenvalue weighted by atomic mass is 10.1. The molecular weight excluding hydrogens is 429 g/mol. The Morgan fingerprint density at radius 1 is 0.818 bits per heavy atom. The van der Waals surface area contributed by atoms with Crippen molar-refractivity contribution in [1.82, 2.24) is 4.90 Å². The van der Waals surface area contributed by atoms with Crippen molar-refractivity contribution in [3.05, 3.63) is 95.3 Å². The molecule has 1 amide bonds. The molecule has 4 rings (SSSR count). The van der Waals surface area contributed by atoms with Gasteiger partial charge >= 0.3 is 0 Å². The highest BCUT2D eigenvalue weighted by Gasteiger charge is 2.24. The average Bonchev–Trinajstić information content (AvgIpc) is 2.83. The fourth-order valence-electron chi connectivity index (χ4n) is 3.65. The van der Waals surface area contributed by atoms with E-state index in [1.807, 2.05) is 4.90 Å². The highest BCUT2D eigenvalue weighted by Crippen LogP contribution is 2.23. The number of halogens is 3. The maximum Gasteiger partial charge on any atom is 0.253 e. The van der Waals surface area contributed by atoms with E-state index in [1.54, 1.807) is 36.1 Å². The Balaban J connectivity index is 1.38. The van der Waals surface area contributed by atoms with Gasteiger partial charge in [0, 0.05) is 37.3 Å². The first-order valence-electron chi connectivity index (χ1n) is 10.6. The molecule has 0 spiro atoms. The molecule has 33 heavy (non-hydrogen) atoms. The lowest BCUT2D eigenvalue weighted by Crippen LogP contribution is -2.49. The van der Waals surface area contributed by atoms with Gasteiger partial charge in [-0.25, -0.2) is 13.2 Å². The standard InChI is InChI=1S/C25H23F3N4O/c1-17(29-30-22-9-7-21(27)8-10-22)19-4-11-24(23(28)16-19)31-12-14-32(15-13-31)25(33)18-2-5-20(26)6-3-18/h2-11,16,30H,12-15H2,1H3/b29-17+. The van der Waals surface area contributed by atoms with Crippen LogP contribution in [-0.2, 0) is 0 Å². The summed E-state index contributed by atoms with van der Waals surface area (Å²) in [6.45, 7) is 3.62. The van der Waals surface area contributed by atoms with Gasteiger partial charge in [-0.2, -0.15) is 5.10 Å². The van der Waals surface area contributed by atoms with Crippen LogP contribution in [0.3, 0.4) is 0 Å². The second kappa shape index (κ2) is 9.77. The molecule has 0 atom stereocenters. The minimum Gasteiger partial charge on any atom is -0.366 e. The summed E-state index contributed by atoms with van der Waals surface area (Å²) in [6.07, 6.45) is 0. The van der Waals surface area contributed by atoms with Gasteiger partial charge in [0.25, 0.3) is 5.91 Å². The van der Waals surface area contributed by atoms with E-state index >= 15 is 0 Å². The van der Waals surface area contributed by atoms with Crippen molar-refractivity contribution in [3.8, 4) is 0 Å². The highest BCUT2D eigenvalue weighted by molar-refractivity contribution is 5.99. The number of carbonyl (C=O) groups is 1. The molecule has 1 saturated heterocycles. The third-order valence-electron chi connectivity index (χ3n) is 5.56. The Kier molecular flexibility index (Phi) is 6.63. The van der Waals surface area contributed by atoms with Gasteiger partial charge in [0.1, 0.15) is 17.5 Å². The SMILES string of the molecule is C/C(=N\Nc1ccc(F)cc1)c1ccc(N2CCN(C(=O)c3ccc(F)cc3)CC2)c(F)c1. The van der Waals surface area contributed by atoms with E-state index < -0.39 is 0 Å². The summed E-state index contributed by atoms with van der Waals surface area (Å²) >= 11 is 0.